The van der Waals surface area contributed by atoms with Gasteiger partial charge in [0.15, 0.2) is 0 Å². The van der Waals surface area contributed by atoms with Gasteiger partial charge in [0.2, 0.25) is 0 Å². The van der Waals surface area contributed by atoms with Gasteiger partial charge in [-0.2, -0.15) is 0 Å². The third-order valence-corrected chi connectivity index (χ3v) is 10.6. The van der Waals surface area contributed by atoms with Gasteiger partial charge in [-0.1, -0.05) is 0 Å². The number of aromatic nitrogens is 2. The van der Waals surface area contributed by atoms with E-state index < -0.39 is 4.40 Å². The van der Waals surface area contributed by atoms with Crippen molar-refractivity contribution in [2.45, 2.75) is 18.7 Å². The third-order valence-electron chi connectivity index (χ3n) is 5.96. The minimum absolute atomic E-state index is 0.0345. The topological polar surface area (TPSA) is 53.8 Å². The standard InChI is InChI=1S/C20H29IN5O2P/c1-23(29(3,4,5)21)12-18-19-16(11-22-24(19)2)17-13-25(18)20(27)26(17)28-14-15-9-7-6-8-10-15/h6-11,17-18H,12-14H2,1-5H3/t17-,18-/m1/s1. The van der Waals surface area contributed by atoms with Gasteiger partial charge in [0.1, 0.15) is 0 Å². The molecule has 1 aromatic carbocycles. The second-order valence-electron chi connectivity index (χ2n) is 9.02. The number of hydroxylamine groups is 2. The molecule has 1 saturated heterocycles. The van der Waals surface area contributed by atoms with Crippen LogP contribution in [0, 0.1) is 0 Å². The fraction of sp³-hybridized carbons (Fsp3) is 0.500. The van der Waals surface area contributed by atoms with Crippen molar-refractivity contribution >= 4 is 32.5 Å². The quantitative estimate of drug-likeness (QED) is 0.419. The molecule has 2 aromatic rings. The van der Waals surface area contributed by atoms with Gasteiger partial charge in [-0.05, 0) is 0 Å². The van der Waals surface area contributed by atoms with Gasteiger partial charge in [0.05, 0.1) is 0 Å². The molecule has 29 heavy (non-hydrogen) atoms. The summed E-state index contributed by atoms with van der Waals surface area (Å²) >= 11 is 2.59. The molecule has 0 unspecified atom stereocenters. The van der Waals surface area contributed by atoms with Crippen molar-refractivity contribution in [3.8, 4) is 0 Å². The van der Waals surface area contributed by atoms with Gasteiger partial charge in [-0.25, -0.2) is 0 Å². The summed E-state index contributed by atoms with van der Waals surface area (Å²) in [5, 5.41) is 6.08. The molecule has 158 valence electrons. The number of hydrogen-bond donors (Lipinski definition) is 0. The number of carbonyl (C=O) groups excluding carboxylic acids is 1. The number of amides is 2. The molecular weight excluding hydrogens is 500 g/mol. The molecule has 0 spiro atoms. The molecule has 3 heterocycles. The van der Waals surface area contributed by atoms with Gasteiger partial charge >= 0.3 is 186 Å². The molecule has 9 heteroatoms. The fourth-order valence-electron chi connectivity index (χ4n) is 3.93. The summed E-state index contributed by atoms with van der Waals surface area (Å²) in [5.74, 6) is 0. The molecule has 7 nitrogen and oxygen atoms in total. The Labute approximate surface area is 185 Å². The Morgan fingerprint density at radius 1 is 1.28 bits per heavy atom. The van der Waals surface area contributed by atoms with Gasteiger partial charge in [-0.3, -0.25) is 0 Å². The van der Waals surface area contributed by atoms with Crippen molar-refractivity contribution in [2.75, 3.05) is 40.1 Å². The summed E-state index contributed by atoms with van der Waals surface area (Å²) in [6.07, 6.45) is 1.90. The zero-order valence-corrected chi connectivity index (χ0v) is 20.7. The van der Waals surface area contributed by atoms with Crippen LogP contribution in [0.4, 0.5) is 4.79 Å². The third kappa shape index (κ3) is 3.92. The van der Waals surface area contributed by atoms with Crippen molar-refractivity contribution in [3.05, 3.63) is 53.3 Å². The number of halogens is 1. The molecule has 1 fully saturated rings. The average molecular weight is 529 g/mol. The van der Waals surface area contributed by atoms with Gasteiger partial charge in [0, 0.05) is 0 Å². The molecule has 2 aliphatic rings. The molecule has 4 rings (SSSR count). The number of benzene rings is 1. The molecular formula is C20H29IN5O2P. The summed E-state index contributed by atoms with van der Waals surface area (Å²) in [6, 6.07) is 9.74. The predicted octanol–water partition coefficient (Wildman–Crippen LogP) is 4.02. The van der Waals surface area contributed by atoms with Crippen molar-refractivity contribution in [2.24, 2.45) is 7.05 Å². The normalized spacial score (nSPS) is 22.7. The van der Waals surface area contributed by atoms with E-state index >= 15 is 0 Å². The second-order valence-corrected chi connectivity index (χ2v) is 24.7. The molecule has 0 saturated carbocycles. The van der Waals surface area contributed by atoms with Crippen LogP contribution < -0.4 is 0 Å². The molecule has 2 aliphatic heterocycles. The van der Waals surface area contributed by atoms with Crippen molar-refractivity contribution in [1.29, 1.82) is 0 Å². The Bertz CT molecular complexity index is 917. The SMILES string of the molecule is CN(C[C@@H]1c2c(cnn2C)[C@H]2CN1C(=O)N2OCc1ccccc1)P(C)(C)(C)I. The minimum atomic E-state index is -1.97. The maximum atomic E-state index is 13.3. The van der Waals surface area contributed by atoms with E-state index in [0.717, 1.165) is 23.4 Å². The van der Waals surface area contributed by atoms with Crippen molar-refractivity contribution in [1.82, 2.24) is 24.4 Å². The van der Waals surface area contributed by atoms with Crippen molar-refractivity contribution in [3.63, 3.8) is 0 Å². The monoisotopic (exact) mass is 529 g/mol. The Morgan fingerprint density at radius 2 is 1.97 bits per heavy atom. The van der Waals surface area contributed by atoms with E-state index in [0.29, 0.717) is 13.2 Å². The van der Waals surface area contributed by atoms with Crippen LogP contribution in [0.3, 0.4) is 0 Å². The predicted molar refractivity (Wildman–Crippen MR) is 125 cm³/mol. The number of nitrogens with zero attached hydrogens (tertiary/aromatic N) is 5. The molecule has 2 amide bonds. The van der Waals surface area contributed by atoms with Crippen LogP contribution in [0.2, 0.25) is 0 Å². The van der Waals surface area contributed by atoms with Gasteiger partial charge < -0.3 is 0 Å². The van der Waals surface area contributed by atoms with E-state index in [9.17, 15) is 4.79 Å². The zero-order chi connectivity index (χ0) is 21.0. The first kappa shape index (κ1) is 21.0. The first-order chi connectivity index (χ1) is 13.5. The first-order valence-electron chi connectivity index (χ1n) is 9.76. The maximum absolute atomic E-state index is 13.3. The summed E-state index contributed by atoms with van der Waals surface area (Å²) < 4.78 is 2.37. The van der Waals surface area contributed by atoms with E-state index in [1.165, 1.54) is 0 Å². The van der Waals surface area contributed by atoms with Crippen LogP contribution in [-0.4, -0.2) is 70.6 Å². The Hall–Kier alpha value is -1.22. The van der Waals surface area contributed by atoms with Crippen LogP contribution in [0.25, 0.3) is 0 Å². The summed E-state index contributed by atoms with van der Waals surface area (Å²) in [4.78, 5) is 21.3. The van der Waals surface area contributed by atoms with Crippen molar-refractivity contribution < 1.29 is 9.63 Å². The van der Waals surface area contributed by atoms with Crippen LogP contribution in [0.15, 0.2) is 36.5 Å². The number of rotatable bonds is 6. The number of likely N-dealkylation sites (N-methyl/N-ethyl adjacent to an activating group) is 1. The molecule has 2 bridgehead atoms. The average Bonchev–Trinajstić information content (AvgIpc) is 3.16. The molecule has 0 N–H and O–H groups in total. The summed E-state index contributed by atoms with van der Waals surface area (Å²) in [5.41, 5.74) is 3.26. The second kappa shape index (κ2) is 7.18. The Balaban J connectivity index is 1.62. The van der Waals surface area contributed by atoms with E-state index in [1.807, 2.05) is 53.2 Å². The van der Waals surface area contributed by atoms with Crippen LogP contribution in [-0.2, 0) is 18.5 Å². The van der Waals surface area contributed by atoms with Gasteiger partial charge in [-0.15, -0.1) is 0 Å². The van der Waals surface area contributed by atoms with E-state index in [4.69, 9.17) is 4.84 Å². The number of fused-ring (bicyclic) bond motifs is 4. The first-order valence-corrected chi connectivity index (χ1v) is 16.1. The number of urea groups is 1. The van der Waals surface area contributed by atoms with E-state index in [2.05, 4.69) is 58.9 Å². The van der Waals surface area contributed by atoms with Gasteiger partial charge in [0.25, 0.3) is 0 Å². The Morgan fingerprint density at radius 3 is 2.62 bits per heavy atom. The molecule has 2 atom stereocenters. The van der Waals surface area contributed by atoms with Crippen LogP contribution in [0.1, 0.15) is 28.9 Å². The van der Waals surface area contributed by atoms with Crippen LogP contribution in [0.5, 0.6) is 0 Å². The zero-order valence-electron chi connectivity index (χ0n) is 17.6. The molecule has 0 aliphatic carbocycles. The van der Waals surface area contributed by atoms with Crippen LogP contribution >= 0.6 is 26.4 Å². The molecule has 1 aromatic heterocycles. The summed E-state index contributed by atoms with van der Waals surface area (Å²) in [7, 11) is 4.13. The van der Waals surface area contributed by atoms with E-state index in [1.54, 1.807) is 5.06 Å². The van der Waals surface area contributed by atoms with E-state index in [-0.39, 0.29) is 18.1 Å². The number of carbonyl (C=O) groups is 1. The molecule has 0 radical (unpaired) electrons. The Kier molecular flexibility index (Phi) is 5.21. The number of hydrogen-bond acceptors (Lipinski definition) is 4. The summed E-state index contributed by atoms with van der Waals surface area (Å²) in [6.45, 7) is 8.76. The fourth-order valence-corrected chi connectivity index (χ4v) is 5.17. The number of aryl methyl sites for hydroxylation is 1.